The van der Waals surface area contributed by atoms with Gasteiger partial charge in [0.15, 0.2) is 0 Å². The summed E-state index contributed by atoms with van der Waals surface area (Å²) in [5.74, 6) is 1.08. The quantitative estimate of drug-likeness (QED) is 0.919. The van der Waals surface area contributed by atoms with Crippen molar-refractivity contribution in [3.8, 4) is 0 Å². The van der Waals surface area contributed by atoms with Crippen LogP contribution in [0.15, 0.2) is 28.3 Å². The number of nitrogens with zero attached hydrogens (tertiary/aromatic N) is 2. The molecule has 0 aliphatic heterocycles. The highest BCUT2D eigenvalue weighted by Crippen LogP contribution is 2.22. The first-order chi connectivity index (χ1) is 8.16. The number of hydrogen-bond acceptors (Lipinski definition) is 3. The highest BCUT2D eigenvalue weighted by atomic mass is 79.9. The van der Waals surface area contributed by atoms with Gasteiger partial charge >= 0.3 is 0 Å². The number of rotatable bonds is 5. The normalized spacial score (nSPS) is 12.9. The van der Waals surface area contributed by atoms with Crippen molar-refractivity contribution in [2.75, 3.05) is 6.54 Å². The molecule has 3 nitrogen and oxygen atoms in total. The Balaban J connectivity index is 1.81. The van der Waals surface area contributed by atoms with Crippen LogP contribution in [-0.4, -0.2) is 16.1 Å². The van der Waals surface area contributed by atoms with Crippen LogP contribution in [0.2, 0.25) is 0 Å². The molecule has 1 N–H and O–H groups in total. The van der Waals surface area contributed by atoms with Crippen LogP contribution < -0.4 is 5.32 Å². The maximum atomic E-state index is 4.34. The van der Waals surface area contributed by atoms with Gasteiger partial charge in [0.2, 0.25) is 0 Å². The summed E-state index contributed by atoms with van der Waals surface area (Å²) in [6.45, 7) is 3.12. The van der Waals surface area contributed by atoms with E-state index in [1.54, 1.807) is 11.3 Å². The van der Waals surface area contributed by atoms with Gasteiger partial charge in [-0.3, -0.25) is 0 Å². The van der Waals surface area contributed by atoms with E-state index in [9.17, 15) is 0 Å². The summed E-state index contributed by atoms with van der Waals surface area (Å²) in [7, 11) is 2.02. The Morgan fingerprint density at radius 2 is 2.35 bits per heavy atom. The lowest BCUT2D eigenvalue weighted by Crippen LogP contribution is -2.23. The van der Waals surface area contributed by atoms with Crippen molar-refractivity contribution < 1.29 is 0 Å². The molecule has 0 aliphatic carbocycles. The van der Waals surface area contributed by atoms with Crippen molar-refractivity contribution in [2.24, 2.45) is 7.05 Å². The standard InChI is InChI=1S/C12H16BrN3S/c1-9(12-15-7-8-16(12)2)14-6-5-10-3-4-11(13)17-10/h3-4,7-9,14H,5-6H2,1-2H3. The molecule has 2 heterocycles. The number of thiophene rings is 1. The number of hydrogen-bond donors (Lipinski definition) is 1. The van der Waals surface area contributed by atoms with Gasteiger partial charge in [-0.25, -0.2) is 4.98 Å². The molecule has 92 valence electrons. The first-order valence-corrected chi connectivity index (χ1v) is 7.22. The van der Waals surface area contributed by atoms with E-state index in [0.29, 0.717) is 6.04 Å². The molecule has 1 atom stereocenters. The fourth-order valence-electron chi connectivity index (χ4n) is 1.78. The van der Waals surface area contributed by atoms with Crippen LogP contribution in [0, 0.1) is 0 Å². The Labute approximate surface area is 114 Å². The third-order valence-corrected chi connectivity index (χ3v) is 4.38. The Bertz CT molecular complexity index is 478. The molecule has 0 fully saturated rings. The summed E-state index contributed by atoms with van der Waals surface area (Å²) in [4.78, 5) is 5.74. The SMILES string of the molecule is CC(NCCc1ccc(Br)s1)c1nccn1C. The van der Waals surface area contributed by atoms with Crippen molar-refractivity contribution in [1.29, 1.82) is 0 Å². The molecule has 0 spiro atoms. The van der Waals surface area contributed by atoms with Gasteiger partial charge in [0.25, 0.3) is 0 Å². The molecule has 1 unspecified atom stereocenters. The number of nitrogens with one attached hydrogen (secondary N) is 1. The topological polar surface area (TPSA) is 29.9 Å². The molecule has 0 aromatic carbocycles. The molecule has 0 amide bonds. The maximum absolute atomic E-state index is 4.34. The maximum Gasteiger partial charge on any atom is 0.125 e. The van der Waals surface area contributed by atoms with Gasteiger partial charge in [-0.1, -0.05) is 0 Å². The Kier molecular flexibility index (Phi) is 4.36. The van der Waals surface area contributed by atoms with Crippen molar-refractivity contribution >= 4 is 27.3 Å². The van der Waals surface area contributed by atoms with Gasteiger partial charge in [-0.15, -0.1) is 11.3 Å². The summed E-state index contributed by atoms with van der Waals surface area (Å²) in [5.41, 5.74) is 0. The van der Waals surface area contributed by atoms with E-state index in [1.165, 1.54) is 8.66 Å². The smallest absolute Gasteiger partial charge is 0.125 e. The minimum absolute atomic E-state index is 0.290. The first kappa shape index (κ1) is 12.8. The van der Waals surface area contributed by atoms with Gasteiger partial charge in [0, 0.05) is 30.9 Å². The van der Waals surface area contributed by atoms with Crippen molar-refractivity contribution in [2.45, 2.75) is 19.4 Å². The molecule has 0 saturated carbocycles. The third-order valence-electron chi connectivity index (χ3n) is 2.70. The first-order valence-electron chi connectivity index (χ1n) is 5.61. The molecule has 5 heteroatoms. The zero-order valence-electron chi connectivity index (χ0n) is 9.98. The van der Waals surface area contributed by atoms with Crippen molar-refractivity contribution in [3.05, 3.63) is 39.0 Å². The van der Waals surface area contributed by atoms with Gasteiger partial charge < -0.3 is 9.88 Å². The number of halogens is 1. The average Bonchev–Trinajstić information content (AvgIpc) is 2.87. The molecular formula is C12H16BrN3S. The lowest BCUT2D eigenvalue weighted by Gasteiger charge is -2.13. The van der Waals surface area contributed by atoms with E-state index < -0.39 is 0 Å². The summed E-state index contributed by atoms with van der Waals surface area (Å²) in [6, 6.07) is 4.56. The Morgan fingerprint density at radius 3 is 2.94 bits per heavy atom. The molecule has 17 heavy (non-hydrogen) atoms. The average molecular weight is 314 g/mol. The minimum Gasteiger partial charge on any atom is -0.337 e. The van der Waals surface area contributed by atoms with Crippen LogP contribution in [0.1, 0.15) is 23.7 Å². The second-order valence-corrected chi connectivity index (χ2v) is 6.58. The van der Waals surface area contributed by atoms with E-state index in [4.69, 9.17) is 0 Å². The second kappa shape index (κ2) is 5.80. The summed E-state index contributed by atoms with van der Waals surface area (Å²) in [5, 5.41) is 3.49. The molecule has 0 radical (unpaired) electrons. The van der Waals surface area contributed by atoms with Gasteiger partial charge in [0.1, 0.15) is 5.82 Å². The highest BCUT2D eigenvalue weighted by Gasteiger charge is 2.09. The van der Waals surface area contributed by atoms with Gasteiger partial charge in [0.05, 0.1) is 9.83 Å². The third kappa shape index (κ3) is 3.40. The molecule has 0 aliphatic rings. The summed E-state index contributed by atoms with van der Waals surface area (Å²) in [6.07, 6.45) is 4.87. The second-order valence-electron chi connectivity index (χ2n) is 4.03. The number of imidazole rings is 1. The fraction of sp³-hybridized carbons (Fsp3) is 0.417. The predicted octanol–water partition coefficient (Wildman–Crippen LogP) is 3.14. The molecule has 2 aromatic heterocycles. The van der Waals surface area contributed by atoms with Crippen LogP contribution in [0.25, 0.3) is 0 Å². The predicted molar refractivity (Wildman–Crippen MR) is 75.3 cm³/mol. The Morgan fingerprint density at radius 1 is 1.53 bits per heavy atom. The van der Waals surface area contributed by atoms with E-state index in [-0.39, 0.29) is 0 Å². The van der Waals surface area contributed by atoms with E-state index in [1.807, 2.05) is 19.4 Å². The van der Waals surface area contributed by atoms with Crippen molar-refractivity contribution in [1.82, 2.24) is 14.9 Å². The largest absolute Gasteiger partial charge is 0.337 e. The van der Waals surface area contributed by atoms with Gasteiger partial charge in [-0.2, -0.15) is 0 Å². The molecule has 2 rings (SSSR count). The number of aromatic nitrogens is 2. The molecule has 0 saturated heterocycles. The fourth-order valence-corrected chi connectivity index (χ4v) is 3.27. The van der Waals surface area contributed by atoms with Crippen LogP contribution in [0.5, 0.6) is 0 Å². The van der Waals surface area contributed by atoms with E-state index >= 15 is 0 Å². The Hall–Kier alpha value is -0.650. The van der Waals surface area contributed by atoms with E-state index in [2.05, 4.69) is 49.9 Å². The van der Waals surface area contributed by atoms with Crippen molar-refractivity contribution in [3.63, 3.8) is 0 Å². The number of aryl methyl sites for hydroxylation is 1. The zero-order valence-corrected chi connectivity index (χ0v) is 12.4. The zero-order chi connectivity index (χ0) is 12.3. The van der Waals surface area contributed by atoms with Crippen LogP contribution in [-0.2, 0) is 13.5 Å². The lowest BCUT2D eigenvalue weighted by atomic mass is 10.3. The molecule has 0 bridgehead atoms. The molecule has 2 aromatic rings. The van der Waals surface area contributed by atoms with Crippen LogP contribution in [0.4, 0.5) is 0 Å². The lowest BCUT2D eigenvalue weighted by molar-refractivity contribution is 0.534. The summed E-state index contributed by atoms with van der Waals surface area (Å²) >= 11 is 5.27. The van der Waals surface area contributed by atoms with E-state index in [0.717, 1.165) is 18.8 Å². The monoisotopic (exact) mass is 313 g/mol. The molecular weight excluding hydrogens is 298 g/mol. The van der Waals surface area contributed by atoms with Gasteiger partial charge in [-0.05, 0) is 41.4 Å². The van der Waals surface area contributed by atoms with Crippen LogP contribution >= 0.6 is 27.3 Å². The highest BCUT2D eigenvalue weighted by molar-refractivity contribution is 9.11. The summed E-state index contributed by atoms with van der Waals surface area (Å²) < 4.78 is 3.25. The van der Waals surface area contributed by atoms with Crippen LogP contribution in [0.3, 0.4) is 0 Å². The minimum atomic E-state index is 0.290.